The number of carbonyl (C=O) groups is 1. The number of methoxy groups -OCH3 is 3. The molecule has 0 unspecified atom stereocenters. The van der Waals surface area contributed by atoms with Crippen LogP contribution in [0.4, 0.5) is 5.82 Å². The molecule has 1 atom stereocenters. The number of fused-ring (bicyclic) bond motifs is 1. The fraction of sp³-hybridized carbons (Fsp3) is 0.273. The van der Waals surface area contributed by atoms with Gasteiger partial charge in [-0.05, 0) is 37.3 Å². The number of carbonyl (C=O) groups excluding carboxylic acids is 1. The van der Waals surface area contributed by atoms with Crippen LogP contribution in [0.1, 0.15) is 22.1 Å². The molecular weight excluding hydrogens is 438 g/mol. The van der Waals surface area contributed by atoms with Crippen molar-refractivity contribution in [1.82, 2.24) is 9.78 Å². The standard InChI is InChI=1S/C22H22ClN3O4S/c1-12-20-21(15-9-17(29-3)18(30-4)10-16(15)28-2)31-11-19(27)24-22(20)26(25-12)14-7-5-13(23)6-8-14/h5-10,21H,11H2,1-4H3,(H,24,27)/t21-/m0/s1. The van der Waals surface area contributed by atoms with E-state index in [1.54, 1.807) is 44.2 Å². The molecular formula is C22H22ClN3O4S. The van der Waals surface area contributed by atoms with Gasteiger partial charge in [0.1, 0.15) is 11.6 Å². The average molecular weight is 460 g/mol. The van der Waals surface area contributed by atoms with Gasteiger partial charge in [0.05, 0.1) is 43.7 Å². The fourth-order valence-corrected chi connectivity index (χ4v) is 4.98. The van der Waals surface area contributed by atoms with Crippen LogP contribution < -0.4 is 19.5 Å². The minimum atomic E-state index is -0.204. The summed E-state index contributed by atoms with van der Waals surface area (Å²) in [5.41, 5.74) is 3.40. The molecule has 0 radical (unpaired) electrons. The molecule has 0 aliphatic carbocycles. The van der Waals surface area contributed by atoms with Crippen molar-refractivity contribution < 1.29 is 19.0 Å². The molecule has 7 nitrogen and oxygen atoms in total. The summed E-state index contributed by atoms with van der Waals surface area (Å²) in [5.74, 6) is 2.64. The molecule has 1 aromatic heterocycles. The zero-order valence-electron chi connectivity index (χ0n) is 17.6. The maximum absolute atomic E-state index is 12.6. The molecule has 3 aromatic rings. The van der Waals surface area contributed by atoms with E-state index in [1.165, 1.54) is 11.8 Å². The summed E-state index contributed by atoms with van der Waals surface area (Å²) in [6, 6.07) is 11.0. The highest BCUT2D eigenvalue weighted by Gasteiger charge is 2.33. The van der Waals surface area contributed by atoms with Crippen molar-refractivity contribution in [3.05, 3.63) is 58.2 Å². The van der Waals surface area contributed by atoms with Crippen LogP contribution in [-0.2, 0) is 4.79 Å². The van der Waals surface area contributed by atoms with Gasteiger partial charge >= 0.3 is 0 Å². The molecule has 2 heterocycles. The first-order valence-corrected chi connectivity index (χ1v) is 11.0. The van der Waals surface area contributed by atoms with Crippen molar-refractivity contribution in [2.24, 2.45) is 0 Å². The molecule has 1 N–H and O–H groups in total. The van der Waals surface area contributed by atoms with Crippen LogP contribution in [0.3, 0.4) is 0 Å². The number of benzene rings is 2. The average Bonchev–Trinajstić information content (AvgIpc) is 2.98. The highest BCUT2D eigenvalue weighted by Crippen LogP contribution is 2.49. The lowest BCUT2D eigenvalue weighted by Crippen LogP contribution is -2.15. The zero-order chi connectivity index (χ0) is 22.1. The van der Waals surface area contributed by atoms with Gasteiger partial charge in [-0.1, -0.05) is 11.6 Å². The molecule has 31 heavy (non-hydrogen) atoms. The Morgan fingerprint density at radius 2 is 1.71 bits per heavy atom. The van der Waals surface area contributed by atoms with E-state index in [0.29, 0.717) is 28.1 Å². The number of ether oxygens (including phenoxy) is 3. The van der Waals surface area contributed by atoms with Crippen molar-refractivity contribution in [1.29, 1.82) is 0 Å². The van der Waals surface area contributed by atoms with Crippen LogP contribution in [0.5, 0.6) is 17.2 Å². The first-order chi connectivity index (χ1) is 15.0. The smallest absolute Gasteiger partial charge is 0.235 e. The van der Waals surface area contributed by atoms with Gasteiger partial charge in [-0.15, -0.1) is 11.8 Å². The second-order valence-corrected chi connectivity index (χ2v) is 8.45. The van der Waals surface area contributed by atoms with Crippen LogP contribution >= 0.6 is 23.4 Å². The predicted octanol–water partition coefficient (Wildman–Crippen LogP) is 4.63. The maximum atomic E-state index is 12.6. The van der Waals surface area contributed by atoms with Crippen molar-refractivity contribution in [3.8, 4) is 22.9 Å². The van der Waals surface area contributed by atoms with Gasteiger partial charge in [0, 0.05) is 22.2 Å². The Bertz CT molecular complexity index is 1130. The molecule has 162 valence electrons. The van der Waals surface area contributed by atoms with Crippen molar-refractivity contribution in [2.75, 3.05) is 32.4 Å². The molecule has 0 spiro atoms. The Balaban J connectivity index is 1.91. The number of nitrogens with one attached hydrogen (secondary N) is 1. The lowest BCUT2D eigenvalue weighted by molar-refractivity contribution is -0.113. The summed E-state index contributed by atoms with van der Waals surface area (Å²) >= 11 is 7.56. The number of aromatic nitrogens is 2. The quantitative estimate of drug-likeness (QED) is 0.599. The van der Waals surface area contributed by atoms with E-state index >= 15 is 0 Å². The van der Waals surface area contributed by atoms with E-state index in [0.717, 1.165) is 22.5 Å². The SMILES string of the molecule is COc1cc(OC)c([C@@H]2SCC(=O)Nc3c2c(C)nn3-c2ccc(Cl)cc2)cc1OC. The Hall–Kier alpha value is -2.84. The predicted molar refractivity (Wildman–Crippen MR) is 122 cm³/mol. The van der Waals surface area contributed by atoms with E-state index < -0.39 is 0 Å². The van der Waals surface area contributed by atoms with Gasteiger partial charge in [-0.3, -0.25) is 4.79 Å². The summed E-state index contributed by atoms with van der Waals surface area (Å²) in [6.07, 6.45) is 0. The number of hydrogen-bond acceptors (Lipinski definition) is 6. The van der Waals surface area contributed by atoms with Crippen molar-refractivity contribution >= 4 is 35.1 Å². The molecule has 1 aliphatic rings. The molecule has 2 aromatic carbocycles. The summed E-state index contributed by atoms with van der Waals surface area (Å²) in [5, 5.41) is 8.18. The van der Waals surface area contributed by atoms with Crippen LogP contribution in [0.2, 0.25) is 5.02 Å². The second-order valence-electron chi connectivity index (χ2n) is 6.92. The van der Waals surface area contributed by atoms with Crippen LogP contribution in [0, 0.1) is 6.92 Å². The Morgan fingerprint density at radius 3 is 2.35 bits per heavy atom. The highest BCUT2D eigenvalue weighted by molar-refractivity contribution is 8.00. The molecule has 1 amide bonds. The third-order valence-corrected chi connectivity index (χ3v) is 6.60. The second kappa shape index (κ2) is 8.72. The van der Waals surface area contributed by atoms with Crippen LogP contribution in [0.25, 0.3) is 5.69 Å². The normalized spacial score (nSPS) is 15.6. The van der Waals surface area contributed by atoms with Crippen LogP contribution in [0.15, 0.2) is 36.4 Å². The Morgan fingerprint density at radius 1 is 1.06 bits per heavy atom. The molecule has 4 rings (SSSR count). The number of nitrogens with zero attached hydrogens (tertiary/aromatic N) is 2. The number of halogens is 1. The van der Waals surface area contributed by atoms with Crippen LogP contribution in [-0.4, -0.2) is 42.8 Å². The third kappa shape index (κ3) is 3.93. The highest BCUT2D eigenvalue weighted by atomic mass is 35.5. The first kappa shape index (κ1) is 21.4. The van der Waals surface area contributed by atoms with E-state index in [-0.39, 0.29) is 16.9 Å². The van der Waals surface area contributed by atoms with Gasteiger partial charge in [-0.25, -0.2) is 4.68 Å². The number of rotatable bonds is 5. The summed E-state index contributed by atoms with van der Waals surface area (Å²) in [4.78, 5) is 12.6. The maximum Gasteiger partial charge on any atom is 0.235 e. The topological polar surface area (TPSA) is 74.6 Å². The monoisotopic (exact) mass is 459 g/mol. The summed E-state index contributed by atoms with van der Waals surface area (Å²) in [7, 11) is 4.79. The van der Waals surface area contributed by atoms with E-state index in [1.807, 2.05) is 25.1 Å². The molecule has 0 bridgehead atoms. The number of thioether (sulfide) groups is 1. The molecule has 1 aliphatic heterocycles. The molecule has 9 heteroatoms. The molecule has 0 saturated carbocycles. The van der Waals surface area contributed by atoms with Gasteiger partial charge in [-0.2, -0.15) is 5.10 Å². The zero-order valence-corrected chi connectivity index (χ0v) is 19.1. The molecule has 0 fully saturated rings. The Labute approximate surface area is 189 Å². The summed E-state index contributed by atoms with van der Waals surface area (Å²) < 4.78 is 18.4. The van der Waals surface area contributed by atoms with Gasteiger partial charge < -0.3 is 19.5 Å². The van der Waals surface area contributed by atoms with Gasteiger partial charge in [0.25, 0.3) is 0 Å². The van der Waals surface area contributed by atoms with E-state index in [4.69, 9.17) is 30.9 Å². The lowest BCUT2D eigenvalue weighted by atomic mass is 10.0. The van der Waals surface area contributed by atoms with E-state index in [2.05, 4.69) is 5.32 Å². The number of hydrogen-bond donors (Lipinski definition) is 1. The van der Waals surface area contributed by atoms with E-state index in [9.17, 15) is 4.79 Å². The van der Waals surface area contributed by atoms with Crippen molar-refractivity contribution in [3.63, 3.8) is 0 Å². The minimum Gasteiger partial charge on any atom is -0.496 e. The fourth-order valence-electron chi connectivity index (χ4n) is 3.66. The Kier molecular flexibility index (Phi) is 6.02. The van der Waals surface area contributed by atoms with Gasteiger partial charge in [0.2, 0.25) is 5.91 Å². The number of anilines is 1. The lowest BCUT2D eigenvalue weighted by Gasteiger charge is -2.20. The summed E-state index contributed by atoms with van der Waals surface area (Å²) in [6.45, 7) is 1.93. The molecule has 0 saturated heterocycles. The van der Waals surface area contributed by atoms with Crippen molar-refractivity contribution in [2.45, 2.75) is 12.2 Å². The first-order valence-electron chi connectivity index (χ1n) is 9.53. The number of aryl methyl sites for hydroxylation is 1. The largest absolute Gasteiger partial charge is 0.496 e. The minimum absolute atomic E-state index is 0.0942. The third-order valence-electron chi connectivity index (χ3n) is 5.10. The number of amides is 1. The van der Waals surface area contributed by atoms with Gasteiger partial charge in [0.15, 0.2) is 11.5 Å².